The van der Waals surface area contributed by atoms with Crippen molar-refractivity contribution in [3.05, 3.63) is 77.5 Å². The number of hydrogen-bond donors (Lipinski definition) is 1. The molecule has 120 valence electrons. The van der Waals surface area contributed by atoms with Crippen LogP contribution in [0.15, 0.2) is 60.7 Å². The number of carbonyl (C=O) groups is 1. The SMILES string of the molecule is O=C(O)c1ccc(-n2c(-c3ccccc3)cc3c2CCCC3)cc1. The van der Waals surface area contributed by atoms with E-state index in [1.807, 2.05) is 18.2 Å². The van der Waals surface area contributed by atoms with Crippen molar-refractivity contribution in [3.8, 4) is 16.9 Å². The van der Waals surface area contributed by atoms with Gasteiger partial charge in [0, 0.05) is 11.4 Å². The van der Waals surface area contributed by atoms with Crippen molar-refractivity contribution in [1.82, 2.24) is 4.57 Å². The van der Waals surface area contributed by atoms with Gasteiger partial charge >= 0.3 is 5.97 Å². The summed E-state index contributed by atoms with van der Waals surface area (Å²) in [5.74, 6) is -0.889. The van der Waals surface area contributed by atoms with Crippen LogP contribution < -0.4 is 0 Å². The zero-order valence-electron chi connectivity index (χ0n) is 13.4. The Morgan fingerprint density at radius 1 is 0.917 bits per heavy atom. The topological polar surface area (TPSA) is 42.2 Å². The summed E-state index contributed by atoms with van der Waals surface area (Å²) in [6.07, 6.45) is 4.64. The molecule has 4 rings (SSSR count). The van der Waals surface area contributed by atoms with E-state index in [1.165, 1.54) is 35.4 Å². The Morgan fingerprint density at radius 2 is 1.62 bits per heavy atom. The van der Waals surface area contributed by atoms with E-state index in [0.29, 0.717) is 5.56 Å². The van der Waals surface area contributed by atoms with Gasteiger partial charge in [0.1, 0.15) is 0 Å². The minimum atomic E-state index is -0.889. The molecule has 1 aliphatic rings. The summed E-state index contributed by atoms with van der Waals surface area (Å²) >= 11 is 0. The number of rotatable bonds is 3. The fraction of sp³-hybridized carbons (Fsp3) is 0.190. The van der Waals surface area contributed by atoms with Gasteiger partial charge in [-0.25, -0.2) is 4.79 Å². The maximum atomic E-state index is 11.1. The lowest BCUT2D eigenvalue weighted by Gasteiger charge is -2.17. The number of aromatic carboxylic acids is 1. The van der Waals surface area contributed by atoms with Gasteiger partial charge in [0.05, 0.1) is 11.3 Å². The molecule has 1 heterocycles. The Kier molecular flexibility index (Phi) is 3.69. The third kappa shape index (κ3) is 2.52. The number of benzene rings is 2. The van der Waals surface area contributed by atoms with Crippen LogP contribution in [0.25, 0.3) is 16.9 Å². The lowest BCUT2D eigenvalue weighted by atomic mass is 9.98. The van der Waals surface area contributed by atoms with Crippen LogP contribution in [0.1, 0.15) is 34.5 Å². The first-order valence-electron chi connectivity index (χ1n) is 8.37. The number of hydrogen-bond acceptors (Lipinski definition) is 1. The molecule has 0 radical (unpaired) electrons. The lowest BCUT2D eigenvalue weighted by Crippen LogP contribution is -2.08. The third-order valence-electron chi connectivity index (χ3n) is 4.74. The summed E-state index contributed by atoms with van der Waals surface area (Å²) in [4.78, 5) is 11.1. The molecule has 0 atom stereocenters. The molecule has 24 heavy (non-hydrogen) atoms. The summed E-state index contributed by atoms with van der Waals surface area (Å²) in [5, 5.41) is 9.12. The molecule has 0 aliphatic heterocycles. The van der Waals surface area contributed by atoms with Crippen LogP contribution in [-0.4, -0.2) is 15.6 Å². The van der Waals surface area contributed by atoms with E-state index in [1.54, 1.807) is 12.1 Å². The minimum Gasteiger partial charge on any atom is -0.478 e. The fourth-order valence-corrected chi connectivity index (χ4v) is 3.57. The monoisotopic (exact) mass is 317 g/mol. The van der Waals surface area contributed by atoms with Crippen molar-refractivity contribution in [2.45, 2.75) is 25.7 Å². The lowest BCUT2D eigenvalue weighted by molar-refractivity contribution is 0.0697. The second-order valence-electron chi connectivity index (χ2n) is 6.26. The fourth-order valence-electron chi connectivity index (χ4n) is 3.57. The quantitative estimate of drug-likeness (QED) is 0.759. The summed E-state index contributed by atoms with van der Waals surface area (Å²) in [6, 6.07) is 19.9. The predicted octanol–water partition coefficient (Wildman–Crippen LogP) is 4.72. The normalized spacial score (nSPS) is 13.5. The van der Waals surface area contributed by atoms with E-state index in [9.17, 15) is 4.79 Å². The zero-order valence-corrected chi connectivity index (χ0v) is 13.4. The van der Waals surface area contributed by atoms with Crippen molar-refractivity contribution in [1.29, 1.82) is 0 Å². The molecule has 0 saturated carbocycles. The largest absolute Gasteiger partial charge is 0.478 e. The van der Waals surface area contributed by atoms with Gasteiger partial charge in [0.25, 0.3) is 0 Å². The highest BCUT2D eigenvalue weighted by Crippen LogP contribution is 2.33. The number of aromatic nitrogens is 1. The Bertz CT molecular complexity index is 876. The van der Waals surface area contributed by atoms with E-state index in [-0.39, 0.29) is 0 Å². The van der Waals surface area contributed by atoms with Crippen LogP contribution in [0.3, 0.4) is 0 Å². The standard InChI is InChI=1S/C21H19NO2/c23-21(24)16-10-12-18(13-11-16)22-19-9-5-4-8-17(19)14-20(22)15-6-2-1-3-7-15/h1-3,6-7,10-14H,4-5,8-9H2,(H,23,24). The third-order valence-corrected chi connectivity index (χ3v) is 4.74. The number of carboxylic acids is 1. The Balaban J connectivity index is 1.89. The van der Waals surface area contributed by atoms with Crippen molar-refractivity contribution < 1.29 is 9.90 Å². The number of nitrogens with zero attached hydrogens (tertiary/aromatic N) is 1. The summed E-state index contributed by atoms with van der Waals surface area (Å²) in [6.45, 7) is 0. The number of carboxylic acid groups (broad SMARTS) is 1. The van der Waals surface area contributed by atoms with E-state index in [0.717, 1.165) is 18.5 Å². The summed E-state index contributed by atoms with van der Waals surface area (Å²) < 4.78 is 2.30. The average molecular weight is 317 g/mol. The molecular weight excluding hydrogens is 298 g/mol. The smallest absolute Gasteiger partial charge is 0.335 e. The van der Waals surface area contributed by atoms with E-state index >= 15 is 0 Å². The molecule has 2 aromatic carbocycles. The molecule has 0 bridgehead atoms. The van der Waals surface area contributed by atoms with Crippen LogP contribution in [-0.2, 0) is 12.8 Å². The van der Waals surface area contributed by atoms with Crippen LogP contribution in [0.5, 0.6) is 0 Å². The summed E-state index contributed by atoms with van der Waals surface area (Å²) in [5.41, 5.74) is 6.51. The van der Waals surface area contributed by atoms with Crippen molar-refractivity contribution in [3.63, 3.8) is 0 Å². The maximum absolute atomic E-state index is 11.1. The van der Waals surface area contributed by atoms with E-state index in [4.69, 9.17) is 5.11 Å². The van der Waals surface area contributed by atoms with Crippen LogP contribution in [0, 0.1) is 0 Å². The zero-order chi connectivity index (χ0) is 16.5. The molecule has 1 aliphatic carbocycles. The van der Waals surface area contributed by atoms with Crippen molar-refractivity contribution in [2.24, 2.45) is 0 Å². The second-order valence-corrected chi connectivity index (χ2v) is 6.26. The molecule has 1 N–H and O–H groups in total. The molecule has 0 spiro atoms. The van der Waals surface area contributed by atoms with Crippen molar-refractivity contribution in [2.75, 3.05) is 0 Å². The molecule has 0 fully saturated rings. The highest BCUT2D eigenvalue weighted by atomic mass is 16.4. The van der Waals surface area contributed by atoms with E-state index < -0.39 is 5.97 Å². The Labute approximate surface area is 141 Å². The van der Waals surface area contributed by atoms with Gasteiger partial charge in [-0.1, -0.05) is 30.3 Å². The molecule has 3 nitrogen and oxygen atoms in total. The van der Waals surface area contributed by atoms with Gasteiger partial charge < -0.3 is 9.67 Å². The van der Waals surface area contributed by atoms with Crippen LogP contribution >= 0.6 is 0 Å². The van der Waals surface area contributed by atoms with Crippen LogP contribution in [0.2, 0.25) is 0 Å². The molecule has 3 aromatic rings. The number of fused-ring (bicyclic) bond motifs is 1. The molecule has 0 unspecified atom stereocenters. The van der Waals surface area contributed by atoms with Crippen LogP contribution in [0.4, 0.5) is 0 Å². The predicted molar refractivity (Wildman–Crippen MR) is 94.8 cm³/mol. The van der Waals surface area contributed by atoms with Gasteiger partial charge in [-0.05, 0) is 67.1 Å². The van der Waals surface area contributed by atoms with Gasteiger partial charge in [-0.3, -0.25) is 0 Å². The maximum Gasteiger partial charge on any atom is 0.335 e. The summed E-state index contributed by atoms with van der Waals surface area (Å²) in [7, 11) is 0. The highest BCUT2D eigenvalue weighted by Gasteiger charge is 2.20. The van der Waals surface area contributed by atoms with Gasteiger partial charge in [0.2, 0.25) is 0 Å². The molecule has 0 amide bonds. The Morgan fingerprint density at radius 3 is 2.33 bits per heavy atom. The van der Waals surface area contributed by atoms with Crippen molar-refractivity contribution >= 4 is 5.97 Å². The second kappa shape index (κ2) is 6.00. The molecule has 1 aromatic heterocycles. The minimum absolute atomic E-state index is 0.320. The molecular formula is C21H19NO2. The van der Waals surface area contributed by atoms with Gasteiger partial charge in [-0.2, -0.15) is 0 Å². The van der Waals surface area contributed by atoms with E-state index in [2.05, 4.69) is 34.9 Å². The first kappa shape index (κ1) is 14.8. The van der Waals surface area contributed by atoms with Gasteiger partial charge in [-0.15, -0.1) is 0 Å². The highest BCUT2D eigenvalue weighted by molar-refractivity contribution is 5.87. The number of aryl methyl sites for hydroxylation is 1. The first-order chi connectivity index (χ1) is 11.7. The molecule has 3 heteroatoms. The molecule has 0 saturated heterocycles. The first-order valence-corrected chi connectivity index (χ1v) is 8.37. The van der Waals surface area contributed by atoms with Gasteiger partial charge in [0.15, 0.2) is 0 Å². The average Bonchev–Trinajstić information content (AvgIpc) is 3.02. The Hall–Kier alpha value is -2.81.